The fraction of sp³-hybridized carbons (Fsp3) is 0.167. The molecule has 0 fully saturated rings. The Morgan fingerprint density at radius 2 is 2.12 bits per heavy atom. The molecule has 0 bridgehead atoms. The standard InChI is InChI=1S/C12H11BrFNO2/c1-7(11-4-5-12(13)17-11)15-8-2-3-10(16)9(14)6-8/h2-7,15-16H,1H3. The minimum absolute atomic E-state index is 0.0924. The molecule has 2 aromatic rings. The summed E-state index contributed by atoms with van der Waals surface area (Å²) < 4.78 is 19.1. The highest BCUT2D eigenvalue weighted by molar-refractivity contribution is 9.10. The first-order valence-corrected chi connectivity index (χ1v) is 5.86. The Kier molecular flexibility index (Phi) is 3.38. The Labute approximate surface area is 106 Å². The highest BCUT2D eigenvalue weighted by atomic mass is 79.9. The molecule has 1 heterocycles. The van der Waals surface area contributed by atoms with Crippen molar-refractivity contribution in [3.63, 3.8) is 0 Å². The van der Waals surface area contributed by atoms with Gasteiger partial charge in [0.25, 0.3) is 0 Å². The summed E-state index contributed by atoms with van der Waals surface area (Å²) in [6, 6.07) is 7.69. The Balaban J connectivity index is 2.12. The zero-order valence-corrected chi connectivity index (χ0v) is 10.7. The van der Waals surface area contributed by atoms with Crippen LogP contribution in [0.25, 0.3) is 0 Å². The third-order valence-corrected chi connectivity index (χ3v) is 2.78. The lowest BCUT2D eigenvalue weighted by Crippen LogP contribution is -2.05. The van der Waals surface area contributed by atoms with Crippen molar-refractivity contribution in [3.05, 3.63) is 46.6 Å². The maximum atomic E-state index is 13.1. The van der Waals surface area contributed by atoms with E-state index in [-0.39, 0.29) is 11.8 Å². The van der Waals surface area contributed by atoms with E-state index in [4.69, 9.17) is 9.52 Å². The first-order chi connectivity index (χ1) is 8.06. The molecule has 1 aromatic heterocycles. The molecule has 0 aliphatic carbocycles. The molecule has 3 nitrogen and oxygen atoms in total. The van der Waals surface area contributed by atoms with Gasteiger partial charge in [0, 0.05) is 11.8 Å². The summed E-state index contributed by atoms with van der Waals surface area (Å²) in [7, 11) is 0. The molecule has 1 aromatic carbocycles. The summed E-state index contributed by atoms with van der Waals surface area (Å²) in [6.07, 6.45) is 0. The number of nitrogens with one attached hydrogen (secondary N) is 1. The lowest BCUT2D eigenvalue weighted by molar-refractivity contribution is 0.432. The fourth-order valence-electron chi connectivity index (χ4n) is 1.48. The van der Waals surface area contributed by atoms with Crippen molar-refractivity contribution in [2.45, 2.75) is 13.0 Å². The SMILES string of the molecule is CC(Nc1ccc(O)c(F)c1)c1ccc(Br)o1. The Hall–Kier alpha value is -1.49. The summed E-state index contributed by atoms with van der Waals surface area (Å²) >= 11 is 3.22. The van der Waals surface area contributed by atoms with Crippen LogP contribution in [0.5, 0.6) is 5.75 Å². The van der Waals surface area contributed by atoms with E-state index in [2.05, 4.69) is 21.2 Å². The second-order valence-electron chi connectivity index (χ2n) is 3.67. The van der Waals surface area contributed by atoms with Crippen molar-refractivity contribution in [3.8, 4) is 5.75 Å². The molecule has 2 rings (SSSR count). The maximum Gasteiger partial charge on any atom is 0.169 e. The molecule has 1 atom stereocenters. The molecular weight excluding hydrogens is 289 g/mol. The van der Waals surface area contributed by atoms with Gasteiger partial charge >= 0.3 is 0 Å². The molecule has 0 aliphatic rings. The van der Waals surface area contributed by atoms with Gasteiger partial charge < -0.3 is 14.8 Å². The highest BCUT2D eigenvalue weighted by Crippen LogP contribution is 2.25. The molecular formula is C12H11BrFNO2. The van der Waals surface area contributed by atoms with Crippen LogP contribution in [-0.2, 0) is 0 Å². The number of hydrogen-bond acceptors (Lipinski definition) is 3. The van der Waals surface area contributed by atoms with Crippen molar-refractivity contribution in [1.29, 1.82) is 0 Å². The van der Waals surface area contributed by atoms with Crippen molar-refractivity contribution in [2.75, 3.05) is 5.32 Å². The van der Waals surface area contributed by atoms with Crippen molar-refractivity contribution >= 4 is 21.6 Å². The van der Waals surface area contributed by atoms with Crippen molar-refractivity contribution < 1.29 is 13.9 Å². The van der Waals surface area contributed by atoms with Gasteiger partial charge in [-0.05, 0) is 47.1 Å². The normalized spacial score (nSPS) is 12.4. The molecule has 1 unspecified atom stereocenters. The number of hydrogen-bond donors (Lipinski definition) is 2. The monoisotopic (exact) mass is 299 g/mol. The fourth-order valence-corrected chi connectivity index (χ4v) is 1.80. The number of rotatable bonds is 3. The van der Waals surface area contributed by atoms with Crippen LogP contribution < -0.4 is 5.32 Å². The van der Waals surface area contributed by atoms with E-state index >= 15 is 0 Å². The number of benzene rings is 1. The predicted octanol–water partition coefficient (Wildman–Crippen LogP) is 4.06. The van der Waals surface area contributed by atoms with Crippen LogP contribution in [0, 0.1) is 5.82 Å². The summed E-state index contributed by atoms with van der Waals surface area (Å²) in [5.74, 6) is -0.267. The minimum atomic E-state index is -0.650. The first kappa shape index (κ1) is 12.0. The number of phenolic OH excluding ortho intramolecular Hbond substituents is 1. The van der Waals surface area contributed by atoms with Gasteiger partial charge in [0.05, 0.1) is 6.04 Å². The number of furan rings is 1. The Bertz CT molecular complexity index is 527. The summed E-state index contributed by atoms with van der Waals surface area (Å²) in [6.45, 7) is 1.90. The van der Waals surface area contributed by atoms with Crippen LogP contribution in [0.4, 0.5) is 10.1 Å². The van der Waals surface area contributed by atoms with Gasteiger partial charge in [-0.25, -0.2) is 4.39 Å². The van der Waals surface area contributed by atoms with Gasteiger partial charge in [-0.1, -0.05) is 0 Å². The Morgan fingerprint density at radius 1 is 1.35 bits per heavy atom. The molecule has 0 radical (unpaired) electrons. The van der Waals surface area contributed by atoms with Gasteiger partial charge in [-0.3, -0.25) is 0 Å². The molecule has 0 aliphatic heterocycles. The van der Waals surface area contributed by atoms with Crippen LogP contribution in [0.1, 0.15) is 18.7 Å². The van der Waals surface area contributed by atoms with E-state index in [1.54, 1.807) is 12.1 Å². The largest absolute Gasteiger partial charge is 0.505 e. The predicted molar refractivity (Wildman–Crippen MR) is 66.5 cm³/mol. The molecule has 0 spiro atoms. The number of phenols is 1. The smallest absolute Gasteiger partial charge is 0.169 e. The third-order valence-electron chi connectivity index (χ3n) is 2.35. The number of anilines is 1. The summed E-state index contributed by atoms with van der Waals surface area (Å²) in [4.78, 5) is 0. The van der Waals surface area contributed by atoms with E-state index < -0.39 is 5.82 Å². The van der Waals surface area contributed by atoms with Crippen LogP contribution in [0.3, 0.4) is 0 Å². The zero-order valence-electron chi connectivity index (χ0n) is 9.08. The lowest BCUT2D eigenvalue weighted by Gasteiger charge is -2.13. The molecule has 17 heavy (non-hydrogen) atoms. The van der Waals surface area contributed by atoms with Gasteiger partial charge in [-0.15, -0.1) is 0 Å². The first-order valence-electron chi connectivity index (χ1n) is 5.06. The van der Waals surface area contributed by atoms with Crippen molar-refractivity contribution in [2.24, 2.45) is 0 Å². The molecule has 0 saturated carbocycles. The highest BCUT2D eigenvalue weighted by Gasteiger charge is 2.10. The third kappa shape index (κ3) is 2.79. The van der Waals surface area contributed by atoms with E-state index in [0.29, 0.717) is 10.4 Å². The van der Waals surface area contributed by atoms with Crippen LogP contribution in [-0.4, -0.2) is 5.11 Å². The van der Waals surface area contributed by atoms with Gasteiger partial charge in [0.15, 0.2) is 16.2 Å². The van der Waals surface area contributed by atoms with E-state index in [9.17, 15) is 4.39 Å². The van der Waals surface area contributed by atoms with Crippen LogP contribution in [0.15, 0.2) is 39.4 Å². The zero-order chi connectivity index (χ0) is 12.4. The van der Waals surface area contributed by atoms with E-state index in [1.165, 1.54) is 12.1 Å². The lowest BCUT2D eigenvalue weighted by atomic mass is 10.2. The average Bonchev–Trinajstić information content (AvgIpc) is 2.70. The Morgan fingerprint density at radius 3 is 2.71 bits per heavy atom. The molecule has 2 N–H and O–H groups in total. The number of aromatic hydroxyl groups is 1. The topological polar surface area (TPSA) is 45.4 Å². The maximum absolute atomic E-state index is 13.1. The van der Waals surface area contributed by atoms with Gasteiger partial charge in [-0.2, -0.15) is 0 Å². The second-order valence-corrected chi connectivity index (χ2v) is 4.46. The van der Waals surface area contributed by atoms with Gasteiger partial charge in [0.2, 0.25) is 0 Å². The van der Waals surface area contributed by atoms with Crippen LogP contribution >= 0.6 is 15.9 Å². The quantitative estimate of drug-likeness (QED) is 0.840. The summed E-state index contributed by atoms with van der Waals surface area (Å²) in [5, 5.41) is 12.1. The molecule has 90 valence electrons. The van der Waals surface area contributed by atoms with E-state index in [1.807, 2.05) is 13.0 Å². The average molecular weight is 300 g/mol. The molecule has 5 heteroatoms. The van der Waals surface area contributed by atoms with E-state index in [0.717, 1.165) is 5.76 Å². The molecule has 0 saturated heterocycles. The van der Waals surface area contributed by atoms with Crippen LogP contribution in [0.2, 0.25) is 0 Å². The van der Waals surface area contributed by atoms with Crippen molar-refractivity contribution in [1.82, 2.24) is 0 Å². The minimum Gasteiger partial charge on any atom is -0.505 e. The van der Waals surface area contributed by atoms with Gasteiger partial charge in [0.1, 0.15) is 5.76 Å². The second kappa shape index (κ2) is 4.79. The summed E-state index contributed by atoms with van der Waals surface area (Å²) in [5.41, 5.74) is 0.584. The molecule has 0 amide bonds. The number of halogens is 2.